The van der Waals surface area contributed by atoms with Crippen molar-refractivity contribution in [1.82, 2.24) is 10.2 Å². The molecule has 19 heavy (non-hydrogen) atoms. The van der Waals surface area contributed by atoms with E-state index in [4.69, 9.17) is 4.74 Å². The van der Waals surface area contributed by atoms with E-state index in [1.54, 1.807) is 0 Å². The van der Waals surface area contributed by atoms with Crippen molar-refractivity contribution in [3.63, 3.8) is 0 Å². The van der Waals surface area contributed by atoms with E-state index in [0.29, 0.717) is 13.0 Å². The second-order valence-corrected chi connectivity index (χ2v) is 5.49. The molecule has 1 unspecified atom stereocenters. The van der Waals surface area contributed by atoms with Gasteiger partial charge in [-0.15, -0.1) is 0 Å². The molecule has 0 radical (unpaired) electrons. The highest BCUT2D eigenvalue weighted by Gasteiger charge is 2.18. The average molecular weight is 270 g/mol. The molecule has 1 aliphatic rings. The van der Waals surface area contributed by atoms with Gasteiger partial charge in [0.05, 0.1) is 12.7 Å². The van der Waals surface area contributed by atoms with E-state index in [1.807, 2.05) is 11.9 Å². The molecule has 1 N–H and O–H groups in total. The average Bonchev–Trinajstić information content (AvgIpc) is 2.43. The molecule has 0 saturated carbocycles. The van der Waals surface area contributed by atoms with Gasteiger partial charge in [0.2, 0.25) is 5.91 Å². The maximum absolute atomic E-state index is 12.0. The zero-order valence-corrected chi connectivity index (χ0v) is 12.6. The number of unbranched alkanes of at least 4 members (excludes halogenated alkanes) is 5. The fourth-order valence-electron chi connectivity index (χ4n) is 2.39. The summed E-state index contributed by atoms with van der Waals surface area (Å²) in [4.78, 5) is 13.8. The van der Waals surface area contributed by atoms with Crippen molar-refractivity contribution in [2.75, 3.05) is 33.3 Å². The monoisotopic (exact) mass is 270 g/mol. The summed E-state index contributed by atoms with van der Waals surface area (Å²) in [7, 11) is 1.89. The summed E-state index contributed by atoms with van der Waals surface area (Å²) in [5.74, 6) is 0.254. The molecule has 0 spiro atoms. The minimum absolute atomic E-state index is 0.159. The second-order valence-electron chi connectivity index (χ2n) is 5.49. The van der Waals surface area contributed by atoms with Crippen LogP contribution < -0.4 is 5.32 Å². The Labute approximate surface area is 117 Å². The van der Waals surface area contributed by atoms with Gasteiger partial charge in [0, 0.05) is 33.1 Å². The van der Waals surface area contributed by atoms with E-state index in [-0.39, 0.29) is 12.0 Å². The van der Waals surface area contributed by atoms with Crippen molar-refractivity contribution < 1.29 is 9.53 Å². The molecular formula is C15H30N2O2. The zero-order valence-electron chi connectivity index (χ0n) is 12.6. The minimum atomic E-state index is 0.159. The number of hydrogen-bond acceptors (Lipinski definition) is 3. The van der Waals surface area contributed by atoms with Crippen LogP contribution in [-0.4, -0.2) is 50.2 Å². The van der Waals surface area contributed by atoms with Crippen molar-refractivity contribution >= 4 is 5.91 Å². The van der Waals surface area contributed by atoms with E-state index in [0.717, 1.165) is 26.1 Å². The third-order valence-electron chi connectivity index (χ3n) is 3.65. The number of amides is 1. The first-order chi connectivity index (χ1) is 9.24. The number of ether oxygens (including phenoxy) is 1. The first-order valence-electron chi connectivity index (χ1n) is 7.80. The lowest BCUT2D eigenvalue weighted by atomic mass is 10.1. The number of likely N-dealkylation sites (N-methyl/N-ethyl adjacent to an activating group) is 1. The lowest BCUT2D eigenvalue weighted by Gasteiger charge is -2.28. The Bertz CT molecular complexity index is 240. The Morgan fingerprint density at radius 3 is 2.68 bits per heavy atom. The minimum Gasteiger partial charge on any atom is -0.374 e. The first-order valence-corrected chi connectivity index (χ1v) is 7.80. The summed E-state index contributed by atoms with van der Waals surface area (Å²) in [6.45, 7) is 5.47. The molecule has 0 aromatic carbocycles. The number of hydrogen-bond donors (Lipinski definition) is 1. The molecule has 0 aliphatic carbocycles. The largest absolute Gasteiger partial charge is 0.374 e. The van der Waals surface area contributed by atoms with Crippen LogP contribution in [0, 0.1) is 0 Å². The molecule has 112 valence electrons. The Balaban J connectivity index is 2.04. The van der Waals surface area contributed by atoms with Crippen LogP contribution in [0.25, 0.3) is 0 Å². The first kappa shape index (κ1) is 16.4. The molecule has 0 aromatic rings. The SMILES string of the molecule is CCCCCCCCC(=O)N(C)CC1CNCCO1. The van der Waals surface area contributed by atoms with Gasteiger partial charge in [0.25, 0.3) is 0 Å². The molecule has 4 nitrogen and oxygen atoms in total. The van der Waals surface area contributed by atoms with Crippen LogP contribution >= 0.6 is 0 Å². The maximum Gasteiger partial charge on any atom is 0.222 e. The van der Waals surface area contributed by atoms with E-state index >= 15 is 0 Å². The van der Waals surface area contributed by atoms with Gasteiger partial charge in [-0.2, -0.15) is 0 Å². The van der Waals surface area contributed by atoms with Crippen molar-refractivity contribution in [2.45, 2.75) is 58.0 Å². The predicted octanol–water partition coefficient (Wildman–Crippen LogP) is 2.18. The fourth-order valence-corrected chi connectivity index (χ4v) is 2.39. The normalized spacial score (nSPS) is 19.4. The molecule has 1 saturated heterocycles. The molecule has 0 bridgehead atoms. The number of carbonyl (C=O) groups is 1. The molecular weight excluding hydrogens is 240 g/mol. The molecule has 1 rings (SSSR count). The Morgan fingerprint density at radius 2 is 2.00 bits per heavy atom. The summed E-state index contributed by atoms with van der Waals surface area (Å²) in [5, 5.41) is 3.29. The maximum atomic E-state index is 12.0. The molecule has 1 heterocycles. The highest BCUT2D eigenvalue weighted by atomic mass is 16.5. The third-order valence-corrected chi connectivity index (χ3v) is 3.65. The van der Waals surface area contributed by atoms with Crippen LogP contribution in [0.4, 0.5) is 0 Å². The third kappa shape index (κ3) is 7.53. The fraction of sp³-hybridized carbons (Fsp3) is 0.933. The van der Waals surface area contributed by atoms with Gasteiger partial charge < -0.3 is 15.0 Å². The standard InChI is InChI=1S/C15H30N2O2/c1-3-4-5-6-7-8-9-15(18)17(2)13-14-12-16-10-11-19-14/h14,16H,3-13H2,1-2H3. The van der Waals surface area contributed by atoms with Gasteiger partial charge in [0.1, 0.15) is 0 Å². The van der Waals surface area contributed by atoms with Crippen LogP contribution in [0.2, 0.25) is 0 Å². The number of carbonyl (C=O) groups excluding carboxylic acids is 1. The van der Waals surface area contributed by atoms with Crippen molar-refractivity contribution in [3.05, 3.63) is 0 Å². The summed E-state index contributed by atoms with van der Waals surface area (Å²) in [6.07, 6.45) is 8.22. The van der Waals surface area contributed by atoms with Gasteiger partial charge in [-0.1, -0.05) is 39.0 Å². The molecule has 1 fully saturated rings. The smallest absolute Gasteiger partial charge is 0.222 e. The molecule has 1 aliphatic heterocycles. The summed E-state index contributed by atoms with van der Waals surface area (Å²) < 4.78 is 5.61. The summed E-state index contributed by atoms with van der Waals surface area (Å²) >= 11 is 0. The number of morpholine rings is 1. The van der Waals surface area contributed by atoms with E-state index in [1.165, 1.54) is 32.1 Å². The molecule has 4 heteroatoms. The van der Waals surface area contributed by atoms with Gasteiger partial charge in [0.15, 0.2) is 0 Å². The Hall–Kier alpha value is -0.610. The number of rotatable bonds is 9. The second kappa shape index (κ2) is 10.2. The predicted molar refractivity (Wildman–Crippen MR) is 78.2 cm³/mol. The Kier molecular flexibility index (Phi) is 8.84. The van der Waals surface area contributed by atoms with Gasteiger partial charge >= 0.3 is 0 Å². The number of nitrogens with one attached hydrogen (secondary N) is 1. The van der Waals surface area contributed by atoms with Crippen LogP contribution in [0.5, 0.6) is 0 Å². The van der Waals surface area contributed by atoms with E-state index in [2.05, 4.69) is 12.2 Å². The van der Waals surface area contributed by atoms with Gasteiger partial charge in [-0.25, -0.2) is 0 Å². The van der Waals surface area contributed by atoms with Crippen LogP contribution in [0.15, 0.2) is 0 Å². The topological polar surface area (TPSA) is 41.6 Å². The van der Waals surface area contributed by atoms with Gasteiger partial charge in [-0.3, -0.25) is 4.79 Å². The highest BCUT2D eigenvalue weighted by molar-refractivity contribution is 5.75. The van der Waals surface area contributed by atoms with E-state index in [9.17, 15) is 4.79 Å². The van der Waals surface area contributed by atoms with Crippen molar-refractivity contribution in [2.24, 2.45) is 0 Å². The van der Waals surface area contributed by atoms with Crippen LogP contribution in [0.1, 0.15) is 51.9 Å². The van der Waals surface area contributed by atoms with Crippen molar-refractivity contribution in [1.29, 1.82) is 0 Å². The van der Waals surface area contributed by atoms with Crippen molar-refractivity contribution in [3.8, 4) is 0 Å². The Morgan fingerprint density at radius 1 is 1.26 bits per heavy atom. The molecule has 1 atom stereocenters. The van der Waals surface area contributed by atoms with E-state index < -0.39 is 0 Å². The van der Waals surface area contributed by atoms with Crippen LogP contribution in [0.3, 0.4) is 0 Å². The molecule has 0 aromatic heterocycles. The van der Waals surface area contributed by atoms with Gasteiger partial charge in [-0.05, 0) is 6.42 Å². The lowest BCUT2D eigenvalue weighted by Crippen LogP contribution is -2.45. The summed E-state index contributed by atoms with van der Waals surface area (Å²) in [5.41, 5.74) is 0. The quantitative estimate of drug-likeness (QED) is 0.653. The zero-order chi connectivity index (χ0) is 13.9. The number of nitrogens with zero attached hydrogens (tertiary/aromatic N) is 1. The highest BCUT2D eigenvalue weighted by Crippen LogP contribution is 2.08. The summed E-state index contributed by atoms with van der Waals surface area (Å²) in [6, 6.07) is 0. The lowest BCUT2D eigenvalue weighted by molar-refractivity contribution is -0.132. The van der Waals surface area contributed by atoms with Crippen LogP contribution in [-0.2, 0) is 9.53 Å². The molecule has 1 amide bonds.